The number of aliphatic hydroxyl groups is 2. The standard InChI is InChI=1S/C28H28FNO4S.C28H26FNO4S.C27H25BrFNO4S/c2*1-5-17-13-21(24(32)11-10-23(31)18-9-12-25(33-3)26(15-18)34-4)30-22(14-17)27-16(2)35-28-19(27)7-6-8-20(28)29;1-4-15-12-19(22(32)10-9-21(31)16-8-11-23(33-2)24(14-16)34-3)30-20(13-15)25-17-6-5-7-18(29)26(17)35-27(25)28/h6-9,12-15,24,32H,5,10-11H2,1-4H3;6-9,12-15H,5,10-11H2,1-4H3;5-8,11-14,22,32H,4,9-10H2,1-3H3. The number of aromatic nitrogens is 3. The van der Waals surface area contributed by atoms with Gasteiger partial charge < -0.3 is 38.6 Å². The number of thiophene rings is 3. The molecule has 0 spiro atoms. The number of carbonyl (C=O) groups excluding carboxylic acids is 4. The van der Waals surface area contributed by atoms with Crippen molar-refractivity contribution >= 4 is 103 Å². The SMILES string of the molecule is CCc1cc(-c2c(Br)sc3c(F)cccc23)nc(C(O)CCC(=O)c2ccc(OC)c(OC)c2)c1.CCc1cc(-c2c(C)sc3c(F)cccc23)nc(C(O)CCC(=O)c2ccc(OC)c(OC)c2)c1.CCc1cc(C(=O)CCC(=O)c2ccc(OC)c(OC)c2)nc(-c2c(C)sc3c(F)cccc23)c1. The number of fused-ring (bicyclic) bond motifs is 3. The Morgan fingerprint density at radius 3 is 1.12 bits per heavy atom. The molecule has 105 heavy (non-hydrogen) atoms. The number of aryl methyl sites for hydroxylation is 5. The number of halogens is 4. The van der Waals surface area contributed by atoms with Gasteiger partial charge in [0.2, 0.25) is 0 Å². The number of Topliss-reactive ketones (excluding diaryl/α,β-unsaturated/α-hetero) is 4. The van der Waals surface area contributed by atoms with Crippen LogP contribution in [0.25, 0.3) is 64.0 Å². The molecule has 12 rings (SSSR count). The third-order valence-corrected chi connectivity index (χ3v) is 22.1. The highest BCUT2D eigenvalue weighted by Crippen LogP contribution is 2.45. The van der Waals surface area contributed by atoms with Crippen LogP contribution in [0.3, 0.4) is 0 Å². The number of hydrogen-bond donors (Lipinski definition) is 2. The molecule has 0 saturated carbocycles. The molecule has 0 saturated heterocycles. The monoisotopic (exact) mass is 1540 g/mol. The molecule has 2 N–H and O–H groups in total. The molecule has 15 nitrogen and oxygen atoms in total. The minimum atomic E-state index is -0.926. The molecule has 2 unspecified atom stereocenters. The molecule has 0 aliphatic rings. The highest BCUT2D eigenvalue weighted by atomic mass is 79.9. The van der Waals surface area contributed by atoms with E-state index < -0.39 is 12.2 Å². The number of hydrogen-bond acceptors (Lipinski definition) is 18. The van der Waals surface area contributed by atoms with Crippen molar-refractivity contribution in [2.45, 2.75) is 105 Å². The van der Waals surface area contributed by atoms with E-state index >= 15 is 0 Å². The lowest BCUT2D eigenvalue weighted by molar-refractivity contribution is 0.0915. The van der Waals surface area contributed by atoms with Gasteiger partial charge in [-0.25, -0.2) is 28.1 Å². The summed E-state index contributed by atoms with van der Waals surface area (Å²) in [6.45, 7) is 9.96. The number of methoxy groups -OCH3 is 6. The molecule has 6 aromatic heterocycles. The fourth-order valence-corrected chi connectivity index (χ4v) is 16.3. The van der Waals surface area contributed by atoms with Crippen LogP contribution in [-0.4, -0.2) is 91.0 Å². The van der Waals surface area contributed by atoms with Gasteiger partial charge in [0.1, 0.15) is 23.1 Å². The third kappa shape index (κ3) is 17.8. The number of ketones is 4. The van der Waals surface area contributed by atoms with E-state index in [4.69, 9.17) is 38.4 Å². The van der Waals surface area contributed by atoms with Crippen molar-refractivity contribution in [2.24, 2.45) is 0 Å². The maximum atomic E-state index is 14.4. The Morgan fingerprint density at radius 1 is 0.410 bits per heavy atom. The Kier molecular flexibility index (Phi) is 26.3. The summed E-state index contributed by atoms with van der Waals surface area (Å²) < 4.78 is 77.1. The zero-order valence-corrected chi connectivity index (χ0v) is 64.0. The highest BCUT2D eigenvalue weighted by Gasteiger charge is 2.25. The number of nitrogens with zero attached hydrogens (tertiary/aromatic N) is 3. The van der Waals surface area contributed by atoms with Crippen LogP contribution in [0.1, 0.15) is 151 Å². The predicted octanol–water partition coefficient (Wildman–Crippen LogP) is 20.7. The maximum Gasteiger partial charge on any atom is 0.181 e. The molecule has 0 bridgehead atoms. The minimum absolute atomic E-state index is 0.0325. The highest BCUT2D eigenvalue weighted by molar-refractivity contribution is 9.11. The lowest BCUT2D eigenvalue weighted by Gasteiger charge is -2.14. The van der Waals surface area contributed by atoms with Crippen LogP contribution in [0.15, 0.2) is 149 Å². The van der Waals surface area contributed by atoms with Crippen LogP contribution in [0.5, 0.6) is 34.5 Å². The molecule has 2 atom stereocenters. The number of rotatable bonds is 27. The summed E-state index contributed by atoms with van der Waals surface area (Å²) in [6.07, 6.45) is 1.20. The summed E-state index contributed by atoms with van der Waals surface area (Å²) in [5.74, 6) is 1.66. The summed E-state index contributed by atoms with van der Waals surface area (Å²) in [6, 6.07) is 41.4. The van der Waals surface area contributed by atoms with Gasteiger partial charge in [0.15, 0.2) is 57.6 Å². The van der Waals surface area contributed by atoms with E-state index in [0.29, 0.717) is 99.5 Å². The zero-order chi connectivity index (χ0) is 75.3. The second-order valence-corrected chi connectivity index (χ2v) is 29.3. The van der Waals surface area contributed by atoms with Gasteiger partial charge in [-0.1, -0.05) is 57.2 Å². The smallest absolute Gasteiger partial charge is 0.181 e. The summed E-state index contributed by atoms with van der Waals surface area (Å²) in [7, 11) is 9.15. The summed E-state index contributed by atoms with van der Waals surface area (Å²) in [5, 5.41) is 24.3. The predicted molar refractivity (Wildman–Crippen MR) is 414 cm³/mol. The number of ether oxygens (including phenoxy) is 6. The average Bonchev–Trinajstić information content (AvgIpc) is 1.64. The first kappa shape index (κ1) is 77.9. The van der Waals surface area contributed by atoms with Gasteiger partial charge in [-0.15, -0.1) is 34.0 Å². The van der Waals surface area contributed by atoms with Gasteiger partial charge in [-0.05, 0) is 188 Å². The van der Waals surface area contributed by atoms with Crippen LogP contribution in [0, 0.1) is 31.3 Å². The molecular formula is C83H79BrF3N3O12S3. The van der Waals surface area contributed by atoms with Crippen LogP contribution < -0.4 is 28.4 Å². The van der Waals surface area contributed by atoms with E-state index in [-0.39, 0.29) is 79.1 Å². The third-order valence-electron chi connectivity index (χ3n) is 18.0. The van der Waals surface area contributed by atoms with Gasteiger partial charge in [0.05, 0.1) is 101 Å². The van der Waals surface area contributed by atoms with E-state index in [9.17, 15) is 42.6 Å². The van der Waals surface area contributed by atoms with Gasteiger partial charge in [0, 0.05) is 85.0 Å². The number of carbonyl (C=O) groups is 4. The Hall–Kier alpha value is -9.68. The fourth-order valence-electron chi connectivity index (χ4n) is 12.3. The largest absolute Gasteiger partial charge is 0.493 e. The molecule has 544 valence electrons. The first-order valence-electron chi connectivity index (χ1n) is 34.0. The zero-order valence-electron chi connectivity index (χ0n) is 59.9. The average molecular weight is 1540 g/mol. The number of pyridine rings is 3. The Balaban J connectivity index is 0.000000169. The topological polar surface area (TPSA) is 203 Å². The normalized spacial score (nSPS) is 11.7. The van der Waals surface area contributed by atoms with E-state index in [2.05, 4.69) is 20.9 Å². The molecule has 6 aromatic carbocycles. The van der Waals surface area contributed by atoms with E-state index in [0.717, 1.165) is 82.3 Å². The van der Waals surface area contributed by atoms with Crippen molar-refractivity contribution < 1.29 is 71.0 Å². The van der Waals surface area contributed by atoms with Crippen LogP contribution in [0.2, 0.25) is 0 Å². The number of aliphatic hydroxyl groups excluding tert-OH is 2. The Bertz CT molecular complexity index is 5000. The van der Waals surface area contributed by atoms with Crippen molar-refractivity contribution in [3.63, 3.8) is 0 Å². The minimum Gasteiger partial charge on any atom is -0.493 e. The van der Waals surface area contributed by atoms with Crippen molar-refractivity contribution in [1.29, 1.82) is 0 Å². The second-order valence-electron chi connectivity index (χ2n) is 24.6. The van der Waals surface area contributed by atoms with Crippen molar-refractivity contribution in [1.82, 2.24) is 15.0 Å². The molecule has 0 aliphatic carbocycles. The van der Waals surface area contributed by atoms with Gasteiger partial charge in [-0.3, -0.25) is 19.2 Å². The molecular weight excluding hydrogens is 1460 g/mol. The fraction of sp³-hybridized carbons (Fsp3) is 0.265. The number of benzene rings is 6. The van der Waals surface area contributed by atoms with Crippen molar-refractivity contribution in [2.75, 3.05) is 42.7 Å². The van der Waals surface area contributed by atoms with E-state index in [1.165, 1.54) is 94.9 Å². The molecule has 0 aliphatic heterocycles. The van der Waals surface area contributed by atoms with Crippen LogP contribution in [-0.2, 0) is 19.3 Å². The lowest BCUT2D eigenvalue weighted by atomic mass is 9.99. The Labute approximate surface area is 627 Å². The van der Waals surface area contributed by atoms with Crippen LogP contribution >= 0.6 is 49.9 Å². The van der Waals surface area contributed by atoms with Gasteiger partial charge in [0.25, 0.3) is 0 Å². The molecule has 0 radical (unpaired) electrons. The lowest BCUT2D eigenvalue weighted by Crippen LogP contribution is -2.08. The maximum absolute atomic E-state index is 14.4. The molecule has 0 amide bonds. The molecule has 22 heteroatoms. The van der Waals surface area contributed by atoms with Crippen molar-refractivity contribution in [3.8, 4) is 68.3 Å². The van der Waals surface area contributed by atoms with Gasteiger partial charge in [-0.2, -0.15) is 0 Å². The summed E-state index contributed by atoms with van der Waals surface area (Å²) in [4.78, 5) is 67.4. The van der Waals surface area contributed by atoms with Crippen LogP contribution in [0.4, 0.5) is 13.2 Å². The first-order valence-corrected chi connectivity index (χ1v) is 37.2. The van der Waals surface area contributed by atoms with E-state index in [1.807, 2.05) is 83.1 Å². The molecule has 0 fully saturated rings. The first-order chi connectivity index (χ1) is 50.6. The van der Waals surface area contributed by atoms with Gasteiger partial charge >= 0.3 is 0 Å². The Morgan fingerprint density at radius 2 is 0.743 bits per heavy atom. The van der Waals surface area contributed by atoms with Crippen molar-refractivity contribution in [3.05, 3.63) is 227 Å². The molecule has 6 heterocycles. The molecule has 12 aromatic rings. The second kappa shape index (κ2) is 35.4. The van der Waals surface area contributed by atoms with E-state index in [1.54, 1.807) is 78.9 Å². The quantitative estimate of drug-likeness (QED) is 0.0460. The summed E-state index contributed by atoms with van der Waals surface area (Å²) in [5.41, 5.74) is 10.3. The summed E-state index contributed by atoms with van der Waals surface area (Å²) >= 11 is 7.68.